The summed E-state index contributed by atoms with van der Waals surface area (Å²) in [6.45, 7) is 9.72. The molecule has 5 nitrogen and oxygen atoms in total. The zero-order valence-corrected chi connectivity index (χ0v) is 16.2. The number of hydrogen-bond acceptors (Lipinski definition) is 2. The van der Waals surface area contributed by atoms with Crippen molar-refractivity contribution in [3.63, 3.8) is 0 Å². The van der Waals surface area contributed by atoms with E-state index in [0.29, 0.717) is 12.5 Å². The number of ether oxygens (including phenoxy) is 1. The molecule has 4 aromatic rings. The van der Waals surface area contributed by atoms with Gasteiger partial charge in [-0.2, -0.15) is 4.80 Å². The molecule has 0 radical (unpaired) electrons. The Kier molecular flexibility index (Phi) is 4.81. The lowest BCUT2D eigenvalue weighted by Gasteiger charge is -2.08. The first kappa shape index (κ1) is 17.9. The van der Waals surface area contributed by atoms with Crippen LogP contribution >= 0.6 is 0 Å². The van der Waals surface area contributed by atoms with E-state index in [2.05, 4.69) is 76.9 Å². The predicted octanol–water partition coefficient (Wildman–Crippen LogP) is 4.66. The van der Waals surface area contributed by atoms with Crippen LogP contribution in [0.2, 0.25) is 0 Å². The third kappa shape index (κ3) is 3.17. The summed E-state index contributed by atoms with van der Waals surface area (Å²) >= 11 is 0. The highest BCUT2D eigenvalue weighted by atomic mass is 16.5. The molecular formula is C22H28N4O. The molecule has 27 heavy (non-hydrogen) atoms. The Hall–Kier alpha value is -2.50. The van der Waals surface area contributed by atoms with Crippen molar-refractivity contribution in [3.05, 3.63) is 60.2 Å². The summed E-state index contributed by atoms with van der Waals surface area (Å²) in [5, 5.41) is 0. The van der Waals surface area contributed by atoms with Crippen LogP contribution in [0, 0.1) is 0 Å². The lowest BCUT2D eigenvalue weighted by molar-refractivity contribution is 0.139. The summed E-state index contributed by atoms with van der Waals surface area (Å²) in [6, 6.07) is 15.4. The number of allylic oxidation sites excluding steroid dienone is 1. The van der Waals surface area contributed by atoms with E-state index in [0.717, 1.165) is 24.8 Å². The van der Waals surface area contributed by atoms with Crippen molar-refractivity contribution in [1.29, 1.82) is 0 Å². The monoisotopic (exact) mass is 364 g/mol. The normalized spacial score (nSPS) is 13.1. The molecule has 0 spiro atoms. The summed E-state index contributed by atoms with van der Waals surface area (Å²) in [5.41, 5.74) is 12.8. The van der Waals surface area contributed by atoms with Gasteiger partial charge in [0.1, 0.15) is 11.0 Å². The van der Waals surface area contributed by atoms with Crippen molar-refractivity contribution < 1.29 is 4.74 Å². The average molecular weight is 364 g/mol. The molecule has 0 aliphatic rings. The van der Waals surface area contributed by atoms with Gasteiger partial charge in [-0.1, -0.05) is 38.6 Å². The van der Waals surface area contributed by atoms with E-state index in [1.165, 1.54) is 27.8 Å². The van der Waals surface area contributed by atoms with Crippen molar-refractivity contribution in [2.75, 3.05) is 13.3 Å². The van der Waals surface area contributed by atoms with E-state index in [1.807, 2.05) is 0 Å². The molecule has 2 aromatic heterocycles. The zero-order chi connectivity index (χ0) is 19.0. The number of nitrogens with zero attached hydrogens (tertiary/aromatic N) is 3. The van der Waals surface area contributed by atoms with E-state index in [1.54, 1.807) is 0 Å². The van der Waals surface area contributed by atoms with Gasteiger partial charge in [0.05, 0.1) is 12.4 Å². The first-order valence-electron chi connectivity index (χ1n) is 9.75. The second kappa shape index (κ2) is 7.25. The molecule has 1 unspecified atom stereocenters. The maximum atomic E-state index is 5.36. The maximum absolute atomic E-state index is 5.36. The van der Waals surface area contributed by atoms with Gasteiger partial charge in [-0.15, -0.1) is 9.26 Å². The van der Waals surface area contributed by atoms with E-state index in [-0.39, 0.29) is 6.73 Å². The van der Waals surface area contributed by atoms with Gasteiger partial charge in [-0.05, 0) is 66.1 Å². The summed E-state index contributed by atoms with van der Waals surface area (Å²) in [7, 11) is 0. The number of benzene rings is 2. The van der Waals surface area contributed by atoms with Crippen molar-refractivity contribution >= 4 is 16.6 Å². The van der Waals surface area contributed by atoms with Gasteiger partial charge < -0.3 is 10.5 Å². The minimum absolute atomic E-state index is 0.282. The number of hydrogen-bond donors (Lipinski definition) is 1. The SMILES string of the molecule is C=C(CCCOCN)c1ccc2c(c1)n1n(-c3cccc(C(C)CC)c3)n21. The first-order valence-corrected chi connectivity index (χ1v) is 9.75. The number of rotatable bonds is 9. The van der Waals surface area contributed by atoms with Crippen LogP contribution in [-0.4, -0.2) is 27.4 Å². The highest BCUT2D eigenvalue weighted by molar-refractivity contribution is 5.83. The topological polar surface area (TPSA) is 49.0 Å². The fourth-order valence-corrected chi connectivity index (χ4v) is 3.59. The Morgan fingerprint density at radius 1 is 1.15 bits per heavy atom. The predicted molar refractivity (Wildman–Crippen MR) is 111 cm³/mol. The van der Waals surface area contributed by atoms with Crippen LogP contribution in [0.15, 0.2) is 49.0 Å². The lowest BCUT2D eigenvalue weighted by atomic mass is 9.98. The molecule has 5 heteroatoms. The second-order valence-electron chi connectivity index (χ2n) is 7.26. The van der Waals surface area contributed by atoms with E-state index < -0.39 is 0 Å². The highest BCUT2D eigenvalue weighted by Crippen LogP contribution is 2.31. The quantitative estimate of drug-likeness (QED) is 0.347. The smallest absolute Gasteiger partial charge is 0.114 e. The van der Waals surface area contributed by atoms with Crippen LogP contribution in [0.3, 0.4) is 0 Å². The second-order valence-corrected chi connectivity index (χ2v) is 7.26. The van der Waals surface area contributed by atoms with Crippen molar-refractivity contribution in [1.82, 2.24) is 14.1 Å². The van der Waals surface area contributed by atoms with Crippen LogP contribution in [-0.2, 0) is 4.74 Å². The van der Waals surface area contributed by atoms with Crippen LogP contribution in [0.25, 0.3) is 22.3 Å². The molecule has 1 atom stereocenters. The van der Waals surface area contributed by atoms with Crippen molar-refractivity contribution in [2.24, 2.45) is 5.73 Å². The number of fused-ring (bicyclic) bond motifs is 4. The Labute approximate surface area is 159 Å². The van der Waals surface area contributed by atoms with Gasteiger partial charge in [0.15, 0.2) is 0 Å². The maximum Gasteiger partial charge on any atom is 0.114 e. The zero-order valence-electron chi connectivity index (χ0n) is 16.2. The van der Waals surface area contributed by atoms with Gasteiger partial charge >= 0.3 is 0 Å². The third-order valence-corrected chi connectivity index (χ3v) is 5.49. The molecule has 0 saturated carbocycles. The molecule has 4 rings (SSSR count). The molecule has 0 aliphatic heterocycles. The Bertz CT molecular complexity index is 1050. The van der Waals surface area contributed by atoms with Gasteiger partial charge in [0.25, 0.3) is 0 Å². The van der Waals surface area contributed by atoms with E-state index in [9.17, 15) is 0 Å². The molecule has 2 heterocycles. The van der Waals surface area contributed by atoms with Crippen LogP contribution in [0.4, 0.5) is 0 Å². The highest BCUT2D eigenvalue weighted by Gasteiger charge is 2.24. The molecule has 0 amide bonds. The molecule has 2 aromatic carbocycles. The fraction of sp³-hybridized carbons (Fsp3) is 0.364. The number of nitrogens with two attached hydrogens (primary N) is 1. The first-order chi connectivity index (χ1) is 13.2. The average Bonchev–Trinajstić information content (AvgIpc) is 3.37. The van der Waals surface area contributed by atoms with Crippen LogP contribution in [0.5, 0.6) is 0 Å². The summed E-state index contributed by atoms with van der Waals surface area (Å²) in [5.74, 6) is 0.577. The van der Waals surface area contributed by atoms with Gasteiger partial charge in [-0.3, -0.25) is 0 Å². The fourth-order valence-electron chi connectivity index (χ4n) is 3.59. The summed E-state index contributed by atoms with van der Waals surface area (Å²) < 4.78 is 9.62. The molecule has 2 N–H and O–H groups in total. The van der Waals surface area contributed by atoms with Gasteiger partial charge in [0.2, 0.25) is 0 Å². The number of aromatic nitrogens is 3. The van der Waals surface area contributed by atoms with Crippen LogP contribution < -0.4 is 5.73 Å². The van der Waals surface area contributed by atoms with Gasteiger partial charge in [0, 0.05) is 6.61 Å². The minimum Gasteiger partial charge on any atom is -0.367 e. The van der Waals surface area contributed by atoms with E-state index in [4.69, 9.17) is 10.5 Å². The van der Waals surface area contributed by atoms with Crippen LogP contribution in [0.1, 0.15) is 50.2 Å². The summed E-state index contributed by atoms with van der Waals surface area (Å²) in [4.78, 5) is 2.22. The van der Waals surface area contributed by atoms with E-state index >= 15 is 0 Å². The molecule has 0 bridgehead atoms. The van der Waals surface area contributed by atoms with Gasteiger partial charge in [-0.25, -0.2) is 0 Å². The largest absolute Gasteiger partial charge is 0.367 e. The molecular weight excluding hydrogens is 336 g/mol. The minimum atomic E-state index is 0.282. The standard InChI is InChI=1S/C22H28N4O/c1-4-16(2)18-8-5-9-20(13-18)24-25-21-11-10-19(14-22(21)26(24)25)17(3)7-6-12-27-15-23/h5,8-11,13-14,16H,3-4,6-7,12,15,23H2,1-2H3. The summed E-state index contributed by atoms with van der Waals surface area (Å²) in [6.07, 6.45) is 3.01. The molecule has 0 fully saturated rings. The molecule has 0 aliphatic carbocycles. The lowest BCUT2D eigenvalue weighted by Crippen LogP contribution is -2.05. The molecule has 142 valence electrons. The molecule has 0 saturated heterocycles. The Morgan fingerprint density at radius 2 is 1.96 bits per heavy atom. The van der Waals surface area contributed by atoms with Crippen molar-refractivity contribution in [2.45, 2.75) is 39.0 Å². The van der Waals surface area contributed by atoms with Crippen molar-refractivity contribution in [3.8, 4) is 5.69 Å². The Balaban J connectivity index is 1.56. The Morgan fingerprint density at radius 3 is 2.74 bits per heavy atom. The third-order valence-electron chi connectivity index (χ3n) is 5.49.